The molecule has 34 heavy (non-hydrogen) atoms. The molecular weight excluding hydrogens is 426 g/mol. The molecular formula is C28H29N3O3. The molecule has 6 nitrogen and oxygen atoms in total. The van der Waals surface area contributed by atoms with Gasteiger partial charge in [-0.15, -0.1) is 0 Å². The summed E-state index contributed by atoms with van der Waals surface area (Å²) in [5.74, 6) is -0.00550. The van der Waals surface area contributed by atoms with Crippen LogP contribution in [0, 0.1) is 0 Å². The SMILES string of the molecule is CCOC(=O)c1ccccc1NC(=O)Cn1c(-c2ccc(C(C)(C)C)cc2)nc2ccccc21. The molecule has 0 radical (unpaired) electrons. The van der Waals surface area contributed by atoms with E-state index in [-0.39, 0.29) is 24.5 Å². The largest absolute Gasteiger partial charge is 0.462 e. The summed E-state index contributed by atoms with van der Waals surface area (Å²) >= 11 is 0. The lowest BCUT2D eigenvalue weighted by Crippen LogP contribution is -2.21. The van der Waals surface area contributed by atoms with Crippen LogP contribution in [0.1, 0.15) is 43.6 Å². The van der Waals surface area contributed by atoms with E-state index in [9.17, 15) is 9.59 Å². The number of hydrogen-bond acceptors (Lipinski definition) is 4. The Morgan fingerprint density at radius 3 is 2.32 bits per heavy atom. The fourth-order valence-corrected chi connectivity index (χ4v) is 3.89. The predicted molar refractivity (Wildman–Crippen MR) is 135 cm³/mol. The van der Waals surface area contributed by atoms with E-state index in [2.05, 4.69) is 38.2 Å². The number of rotatable bonds is 6. The number of hydrogen-bond donors (Lipinski definition) is 1. The Morgan fingerprint density at radius 2 is 1.62 bits per heavy atom. The van der Waals surface area contributed by atoms with E-state index in [1.165, 1.54) is 5.56 Å². The van der Waals surface area contributed by atoms with Crippen molar-refractivity contribution in [3.05, 3.63) is 83.9 Å². The summed E-state index contributed by atoms with van der Waals surface area (Å²) in [5, 5.41) is 2.87. The van der Waals surface area contributed by atoms with Gasteiger partial charge < -0.3 is 14.6 Å². The molecule has 0 fully saturated rings. The van der Waals surface area contributed by atoms with Gasteiger partial charge in [0.2, 0.25) is 5.91 Å². The highest BCUT2D eigenvalue weighted by Crippen LogP contribution is 2.28. The number of aromatic nitrogens is 2. The van der Waals surface area contributed by atoms with Crippen molar-refractivity contribution in [2.24, 2.45) is 0 Å². The number of ether oxygens (including phenoxy) is 1. The van der Waals surface area contributed by atoms with Gasteiger partial charge in [0, 0.05) is 5.56 Å². The van der Waals surface area contributed by atoms with Crippen LogP contribution in [0.15, 0.2) is 72.8 Å². The molecule has 0 bridgehead atoms. The first-order chi connectivity index (χ1) is 16.3. The fourth-order valence-electron chi connectivity index (χ4n) is 3.89. The Kier molecular flexibility index (Phi) is 6.50. The molecule has 0 saturated heterocycles. The number of amides is 1. The third kappa shape index (κ3) is 4.86. The second kappa shape index (κ2) is 9.51. The van der Waals surface area contributed by atoms with Crippen LogP contribution >= 0.6 is 0 Å². The summed E-state index contributed by atoms with van der Waals surface area (Å²) in [7, 11) is 0. The Morgan fingerprint density at radius 1 is 0.941 bits per heavy atom. The van der Waals surface area contributed by atoms with Crippen molar-refractivity contribution in [3.63, 3.8) is 0 Å². The van der Waals surface area contributed by atoms with Gasteiger partial charge >= 0.3 is 5.97 Å². The van der Waals surface area contributed by atoms with Crippen LogP contribution in [0.5, 0.6) is 0 Å². The molecule has 1 amide bonds. The molecule has 0 saturated carbocycles. The number of para-hydroxylation sites is 3. The molecule has 6 heteroatoms. The van der Waals surface area contributed by atoms with E-state index in [0.717, 1.165) is 22.4 Å². The van der Waals surface area contributed by atoms with Crippen molar-refractivity contribution in [1.82, 2.24) is 9.55 Å². The van der Waals surface area contributed by atoms with Gasteiger partial charge in [0.05, 0.1) is 28.9 Å². The molecule has 0 spiro atoms. The molecule has 1 aromatic heterocycles. The van der Waals surface area contributed by atoms with E-state index in [1.807, 2.05) is 41.0 Å². The molecule has 0 aliphatic rings. The minimum atomic E-state index is -0.467. The van der Waals surface area contributed by atoms with Gasteiger partial charge in [-0.2, -0.15) is 0 Å². The smallest absolute Gasteiger partial charge is 0.340 e. The van der Waals surface area contributed by atoms with Crippen LogP contribution in [-0.4, -0.2) is 28.0 Å². The Labute approximate surface area is 199 Å². The molecule has 0 aliphatic carbocycles. The lowest BCUT2D eigenvalue weighted by molar-refractivity contribution is -0.116. The van der Waals surface area contributed by atoms with Gasteiger partial charge in [-0.05, 0) is 42.2 Å². The summed E-state index contributed by atoms with van der Waals surface area (Å²) < 4.78 is 7.03. The van der Waals surface area contributed by atoms with Crippen LogP contribution in [0.25, 0.3) is 22.4 Å². The maximum Gasteiger partial charge on any atom is 0.340 e. The third-order valence-electron chi connectivity index (χ3n) is 5.66. The molecule has 4 aromatic rings. The van der Waals surface area contributed by atoms with Crippen molar-refractivity contribution in [2.75, 3.05) is 11.9 Å². The number of carbonyl (C=O) groups is 2. The van der Waals surface area contributed by atoms with Crippen molar-refractivity contribution >= 4 is 28.6 Å². The standard InChI is InChI=1S/C28H29N3O3/c1-5-34-27(33)21-10-6-7-11-22(21)29-25(32)18-31-24-13-9-8-12-23(24)30-26(31)19-14-16-20(17-15-19)28(2,3)4/h6-17H,5,18H2,1-4H3,(H,29,32). The molecule has 0 aliphatic heterocycles. The monoisotopic (exact) mass is 455 g/mol. The Balaban J connectivity index is 1.66. The molecule has 0 unspecified atom stereocenters. The maximum atomic E-state index is 13.1. The first-order valence-corrected chi connectivity index (χ1v) is 11.4. The van der Waals surface area contributed by atoms with Crippen molar-refractivity contribution in [1.29, 1.82) is 0 Å². The van der Waals surface area contributed by atoms with Gasteiger partial charge in [0.15, 0.2) is 0 Å². The molecule has 1 N–H and O–H groups in total. The number of esters is 1. The third-order valence-corrected chi connectivity index (χ3v) is 5.66. The zero-order chi connectivity index (χ0) is 24.3. The maximum absolute atomic E-state index is 13.1. The van der Waals surface area contributed by atoms with E-state index in [4.69, 9.17) is 9.72 Å². The first kappa shape index (κ1) is 23.2. The molecule has 0 atom stereocenters. The van der Waals surface area contributed by atoms with Crippen LogP contribution in [0.2, 0.25) is 0 Å². The lowest BCUT2D eigenvalue weighted by atomic mass is 9.87. The minimum Gasteiger partial charge on any atom is -0.462 e. The van der Waals surface area contributed by atoms with E-state index in [0.29, 0.717) is 11.3 Å². The summed E-state index contributed by atoms with van der Waals surface area (Å²) in [6, 6.07) is 22.9. The van der Waals surface area contributed by atoms with Gasteiger partial charge in [-0.3, -0.25) is 4.79 Å². The second-order valence-electron chi connectivity index (χ2n) is 9.15. The van der Waals surface area contributed by atoms with E-state index >= 15 is 0 Å². The van der Waals surface area contributed by atoms with E-state index in [1.54, 1.807) is 31.2 Å². The molecule has 4 rings (SSSR count). The van der Waals surface area contributed by atoms with Gasteiger partial charge in [0.25, 0.3) is 0 Å². The summed E-state index contributed by atoms with van der Waals surface area (Å²) in [6.45, 7) is 8.59. The van der Waals surface area contributed by atoms with Crippen molar-refractivity contribution in [2.45, 2.75) is 39.7 Å². The summed E-state index contributed by atoms with van der Waals surface area (Å²) in [4.78, 5) is 30.2. The Bertz CT molecular complexity index is 1330. The van der Waals surface area contributed by atoms with Gasteiger partial charge in [-0.25, -0.2) is 9.78 Å². The summed E-state index contributed by atoms with van der Waals surface area (Å²) in [6.07, 6.45) is 0. The van der Waals surface area contributed by atoms with Crippen LogP contribution in [-0.2, 0) is 21.5 Å². The van der Waals surface area contributed by atoms with Crippen molar-refractivity contribution < 1.29 is 14.3 Å². The fraction of sp³-hybridized carbons (Fsp3) is 0.250. The number of fused-ring (bicyclic) bond motifs is 1. The quantitative estimate of drug-likeness (QED) is 0.372. The highest BCUT2D eigenvalue weighted by Gasteiger charge is 2.19. The average Bonchev–Trinajstić information content (AvgIpc) is 3.17. The number of benzene rings is 3. The van der Waals surface area contributed by atoms with Crippen LogP contribution in [0.3, 0.4) is 0 Å². The number of carbonyl (C=O) groups excluding carboxylic acids is 2. The highest BCUT2D eigenvalue weighted by atomic mass is 16.5. The number of anilines is 1. The van der Waals surface area contributed by atoms with Crippen LogP contribution in [0.4, 0.5) is 5.69 Å². The number of nitrogens with one attached hydrogen (secondary N) is 1. The van der Waals surface area contributed by atoms with Gasteiger partial charge in [-0.1, -0.05) is 69.3 Å². The Hall–Kier alpha value is -3.93. The summed E-state index contributed by atoms with van der Waals surface area (Å²) in [5.41, 5.74) is 4.64. The topological polar surface area (TPSA) is 73.2 Å². The number of imidazole rings is 1. The normalized spacial score (nSPS) is 11.4. The molecule has 174 valence electrons. The average molecular weight is 456 g/mol. The second-order valence-corrected chi connectivity index (χ2v) is 9.15. The van der Waals surface area contributed by atoms with Gasteiger partial charge in [0.1, 0.15) is 12.4 Å². The predicted octanol–water partition coefficient (Wildman–Crippen LogP) is 5.82. The number of nitrogens with zero attached hydrogens (tertiary/aromatic N) is 2. The minimum absolute atomic E-state index is 0.0465. The van der Waals surface area contributed by atoms with Crippen molar-refractivity contribution in [3.8, 4) is 11.4 Å². The highest BCUT2D eigenvalue weighted by molar-refractivity contribution is 6.01. The van der Waals surface area contributed by atoms with E-state index < -0.39 is 5.97 Å². The molecule has 3 aromatic carbocycles. The molecule has 1 heterocycles. The zero-order valence-electron chi connectivity index (χ0n) is 20.0. The lowest BCUT2D eigenvalue weighted by Gasteiger charge is -2.19. The first-order valence-electron chi connectivity index (χ1n) is 11.4. The van der Waals surface area contributed by atoms with Crippen LogP contribution < -0.4 is 5.32 Å². The zero-order valence-corrected chi connectivity index (χ0v) is 20.0.